The van der Waals surface area contributed by atoms with Crippen molar-refractivity contribution in [1.82, 2.24) is 25.8 Å². The van der Waals surface area contributed by atoms with Gasteiger partial charge in [0.05, 0.1) is 23.7 Å². The molecule has 15 nitrogen and oxygen atoms in total. The molecule has 2 aromatic rings. The first-order valence-corrected chi connectivity index (χ1v) is 17.2. The SMILES string of the molecule is CC(C)(C)OC(=O)N1CC(N)C1.CC(C)(C)OC(=O)N1CC(NC(=O)CNC(=O)c2cccc(C(F)(F)F)c2)C1.O=C(O)CNC(=O)c1cccc(C(F)(F)F)c1. The Bertz CT molecular complexity index is 1750. The van der Waals surface area contributed by atoms with Crippen molar-refractivity contribution >= 4 is 35.9 Å². The van der Waals surface area contributed by atoms with E-state index >= 15 is 0 Å². The Morgan fingerprint density at radius 1 is 0.684 bits per heavy atom. The smallest absolute Gasteiger partial charge is 0.416 e. The first kappa shape index (κ1) is 47.6. The summed E-state index contributed by atoms with van der Waals surface area (Å²) in [6.07, 6.45) is -9.83. The molecule has 0 aromatic heterocycles. The Balaban J connectivity index is 0.000000327. The van der Waals surface area contributed by atoms with Gasteiger partial charge in [-0.15, -0.1) is 0 Å². The van der Waals surface area contributed by atoms with E-state index in [1.54, 1.807) is 25.7 Å². The van der Waals surface area contributed by atoms with Crippen molar-refractivity contribution in [2.45, 2.75) is 77.2 Å². The first-order valence-electron chi connectivity index (χ1n) is 17.2. The zero-order valence-electron chi connectivity index (χ0n) is 32.0. The van der Waals surface area contributed by atoms with Gasteiger partial charge in [0.2, 0.25) is 5.91 Å². The van der Waals surface area contributed by atoms with E-state index in [-0.39, 0.29) is 42.4 Å². The van der Waals surface area contributed by atoms with Gasteiger partial charge in [-0.2, -0.15) is 26.3 Å². The number of aliphatic carboxylic acids is 1. The fourth-order valence-electron chi connectivity index (χ4n) is 4.51. The fraction of sp³-hybridized carbons (Fsp3) is 0.500. The highest BCUT2D eigenvalue weighted by atomic mass is 19.4. The van der Waals surface area contributed by atoms with E-state index in [1.165, 1.54) is 17.0 Å². The third-order valence-electron chi connectivity index (χ3n) is 7.17. The van der Waals surface area contributed by atoms with Crippen LogP contribution in [0, 0.1) is 0 Å². The Morgan fingerprint density at radius 2 is 1.07 bits per heavy atom. The van der Waals surface area contributed by atoms with E-state index in [1.807, 2.05) is 26.1 Å². The molecule has 6 N–H and O–H groups in total. The minimum absolute atomic E-state index is 0.137. The second-order valence-electron chi connectivity index (χ2n) is 14.7. The number of alkyl halides is 6. The summed E-state index contributed by atoms with van der Waals surface area (Å²) < 4.78 is 85.3. The van der Waals surface area contributed by atoms with Crippen molar-refractivity contribution in [1.29, 1.82) is 0 Å². The summed E-state index contributed by atoms with van der Waals surface area (Å²) in [5.74, 6) is -3.43. The summed E-state index contributed by atoms with van der Waals surface area (Å²) in [6.45, 7) is 11.6. The maximum Gasteiger partial charge on any atom is 0.416 e. The van der Waals surface area contributed by atoms with Gasteiger partial charge >= 0.3 is 30.5 Å². The maximum absolute atomic E-state index is 12.7. The lowest BCUT2D eigenvalue weighted by Gasteiger charge is -2.39. The number of hydrogen-bond donors (Lipinski definition) is 5. The van der Waals surface area contributed by atoms with Crippen molar-refractivity contribution in [2.75, 3.05) is 39.3 Å². The molecule has 2 saturated heterocycles. The van der Waals surface area contributed by atoms with Crippen LogP contribution in [-0.2, 0) is 31.4 Å². The van der Waals surface area contributed by atoms with Crippen LogP contribution >= 0.6 is 0 Å². The molecule has 2 aromatic carbocycles. The molecule has 2 heterocycles. The van der Waals surface area contributed by atoms with Crippen molar-refractivity contribution in [3.63, 3.8) is 0 Å². The molecule has 0 atom stereocenters. The second-order valence-corrected chi connectivity index (χ2v) is 14.7. The van der Waals surface area contributed by atoms with Gasteiger partial charge in [0.25, 0.3) is 11.8 Å². The van der Waals surface area contributed by atoms with Crippen LogP contribution in [0.4, 0.5) is 35.9 Å². The van der Waals surface area contributed by atoms with Gasteiger partial charge in [-0.25, -0.2) is 9.59 Å². The average molecular weight is 821 g/mol. The number of nitrogens with two attached hydrogens (primary N) is 1. The summed E-state index contributed by atoms with van der Waals surface area (Å²) in [5, 5.41) is 15.2. The fourth-order valence-corrected chi connectivity index (χ4v) is 4.51. The highest BCUT2D eigenvalue weighted by Gasteiger charge is 2.35. The second kappa shape index (κ2) is 19.5. The number of carbonyl (C=O) groups is 6. The monoisotopic (exact) mass is 820 g/mol. The predicted octanol–water partition coefficient (Wildman–Crippen LogP) is 4.25. The van der Waals surface area contributed by atoms with Crippen molar-refractivity contribution in [3.05, 3.63) is 70.8 Å². The quantitative estimate of drug-likeness (QED) is 0.251. The molecule has 21 heteroatoms. The Kier molecular flexibility index (Phi) is 16.3. The van der Waals surface area contributed by atoms with Crippen molar-refractivity contribution in [3.8, 4) is 0 Å². The molecular weight excluding hydrogens is 774 g/mol. The third kappa shape index (κ3) is 17.4. The molecular formula is C36H46F6N6O9. The van der Waals surface area contributed by atoms with E-state index in [0.29, 0.717) is 19.2 Å². The number of hydrogen-bond acceptors (Lipinski definition) is 9. The Labute approximate surface area is 324 Å². The van der Waals surface area contributed by atoms with Gasteiger partial charge in [-0.3, -0.25) is 19.2 Å². The van der Waals surface area contributed by atoms with E-state index in [9.17, 15) is 55.1 Å². The number of carboxylic acids is 1. The number of amides is 5. The number of rotatable bonds is 7. The highest BCUT2D eigenvalue weighted by molar-refractivity contribution is 5.97. The normalized spacial score (nSPS) is 14.5. The topological polar surface area (TPSA) is 210 Å². The molecule has 316 valence electrons. The minimum Gasteiger partial charge on any atom is -0.480 e. The number of ether oxygens (including phenoxy) is 2. The molecule has 0 radical (unpaired) electrons. The number of benzene rings is 2. The van der Waals surface area contributed by atoms with Gasteiger partial charge in [0, 0.05) is 43.3 Å². The molecule has 5 amide bonds. The van der Waals surface area contributed by atoms with Crippen LogP contribution in [0.2, 0.25) is 0 Å². The van der Waals surface area contributed by atoms with Crippen LogP contribution < -0.4 is 21.7 Å². The standard InChI is InChI=1S/C18H22F3N3O4.C10H8F3NO3.C8H16N2O2/c1-17(2,3)28-16(27)24-9-13(10-24)23-14(25)8-22-15(26)11-5-4-6-12(7-11)18(19,20)21;11-10(12,13)7-3-1-2-6(4-7)9(17)14-5-8(15)16;1-8(2,3)12-7(11)10-4-6(9)5-10/h4-7,13H,8-10H2,1-3H3,(H,22,26)(H,23,25);1-4H,5H2,(H,14,17)(H,15,16);6H,4-5,9H2,1-3H3. The molecule has 0 unspecified atom stereocenters. The number of halogens is 6. The summed E-state index contributed by atoms with van der Waals surface area (Å²) in [7, 11) is 0. The van der Waals surface area contributed by atoms with E-state index < -0.39 is 77.6 Å². The van der Waals surface area contributed by atoms with Gasteiger partial charge in [0.15, 0.2) is 0 Å². The Morgan fingerprint density at radius 3 is 1.42 bits per heavy atom. The zero-order valence-corrected chi connectivity index (χ0v) is 32.0. The van der Waals surface area contributed by atoms with E-state index in [0.717, 1.165) is 30.3 Å². The van der Waals surface area contributed by atoms with Gasteiger partial charge < -0.3 is 46.1 Å². The molecule has 0 bridgehead atoms. The molecule has 0 aliphatic carbocycles. The zero-order chi connectivity index (χ0) is 43.5. The van der Waals surface area contributed by atoms with Gasteiger partial charge in [-0.1, -0.05) is 12.1 Å². The van der Waals surface area contributed by atoms with Crippen LogP contribution in [-0.4, -0.2) is 113 Å². The largest absolute Gasteiger partial charge is 0.480 e. The van der Waals surface area contributed by atoms with Crippen LogP contribution in [0.3, 0.4) is 0 Å². The number of carboxylic acid groups (broad SMARTS) is 1. The minimum atomic E-state index is -4.56. The average Bonchev–Trinajstić information content (AvgIpc) is 3.04. The summed E-state index contributed by atoms with van der Waals surface area (Å²) in [5.41, 5.74) is 2.17. The van der Waals surface area contributed by atoms with Crippen molar-refractivity contribution in [2.24, 2.45) is 5.73 Å². The lowest BCUT2D eigenvalue weighted by atomic mass is 10.1. The number of carbonyl (C=O) groups excluding carboxylic acids is 5. The molecule has 2 aliphatic heterocycles. The summed E-state index contributed by atoms with van der Waals surface area (Å²) in [6, 6.07) is 7.54. The lowest BCUT2D eigenvalue weighted by Crippen LogP contribution is -2.62. The molecule has 2 fully saturated rings. The lowest BCUT2D eigenvalue weighted by molar-refractivity contribution is -0.138. The molecule has 2 aliphatic rings. The highest BCUT2D eigenvalue weighted by Crippen LogP contribution is 2.30. The summed E-state index contributed by atoms with van der Waals surface area (Å²) >= 11 is 0. The molecule has 0 saturated carbocycles. The summed E-state index contributed by atoms with van der Waals surface area (Å²) in [4.78, 5) is 71.3. The third-order valence-corrected chi connectivity index (χ3v) is 7.17. The first-order chi connectivity index (χ1) is 26.0. The van der Waals surface area contributed by atoms with Crippen LogP contribution in [0.15, 0.2) is 48.5 Å². The molecule has 0 spiro atoms. The predicted molar refractivity (Wildman–Crippen MR) is 191 cm³/mol. The van der Waals surface area contributed by atoms with Gasteiger partial charge in [-0.05, 0) is 77.9 Å². The van der Waals surface area contributed by atoms with Crippen LogP contribution in [0.5, 0.6) is 0 Å². The van der Waals surface area contributed by atoms with Gasteiger partial charge in [0.1, 0.15) is 17.7 Å². The maximum atomic E-state index is 12.7. The molecule has 57 heavy (non-hydrogen) atoms. The van der Waals surface area contributed by atoms with Crippen LogP contribution in [0.1, 0.15) is 73.4 Å². The van der Waals surface area contributed by atoms with E-state index in [4.69, 9.17) is 20.3 Å². The van der Waals surface area contributed by atoms with Crippen LogP contribution in [0.25, 0.3) is 0 Å². The molecule has 4 rings (SSSR count). The number of nitrogens with one attached hydrogen (secondary N) is 3. The van der Waals surface area contributed by atoms with Crippen molar-refractivity contribution < 1.29 is 69.7 Å². The number of nitrogens with zero attached hydrogens (tertiary/aromatic N) is 2. The Hall–Kier alpha value is -5.60. The van der Waals surface area contributed by atoms with E-state index in [2.05, 4.69) is 10.6 Å². The number of likely N-dealkylation sites (tertiary alicyclic amines) is 2.